The van der Waals surface area contributed by atoms with E-state index < -0.39 is 5.41 Å². The summed E-state index contributed by atoms with van der Waals surface area (Å²) < 4.78 is 6.65. The zero-order valence-corrected chi connectivity index (χ0v) is 44.8. The molecule has 1 aromatic heterocycles. The van der Waals surface area contributed by atoms with Crippen molar-refractivity contribution < 1.29 is 4.42 Å². The van der Waals surface area contributed by atoms with Gasteiger partial charge in [0.1, 0.15) is 11.2 Å². The maximum absolute atomic E-state index is 6.65. The van der Waals surface area contributed by atoms with Crippen LogP contribution >= 0.6 is 0 Å². The van der Waals surface area contributed by atoms with Gasteiger partial charge < -0.3 is 14.2 Å². The fraction of sp³-hybridized carbons (Fsp3) is 0.0127. The number of rotatable bonds is 10. The second kappa shape index (κ2) is 19.3. The first-order valence-electron chi connectivity index (χ1n) is 28.2. The first-order valence-corrected chi connectivity index (χ1v) is 28.2. The molecule has 0 saturated carbocycles. The number of hydrogen-bond donors (Lipinski definition) is 0. The third-order valence-corrected chi connectivity index (χ3v) is 17.1. The minimum atomic E-state index is -0.640. The first kappa shape index (κ1) is 47.3. The van der Waals surface area contributed by atoms with Gasteiger partial charge in [-0.1, -0.05) is 224 Å². The smallest absolute Gasteiger partial charge is 0.136 e. The summed E-state index contributed by atoms with van der Waals surface area (Å²) in [6.07, 6.45) is 0. The largest absolute Gasteiger partial charge is 0.456 e. The molecule has 0 bridgehead atoms. The molecule has 0 aliphatic heterocycles. The molecule has 0 saturated heterocycles. The maximum Gasteiger partial charge on any atom is 0.136 e. The molecule has 2 aliphatic carbocycles. The Hall–Kier alpha value is -10.7. The molecule has 0 N–H and O–H groups in total. The molecular weight excluding hydrogens is 993 g/mol. The lowest BCUT2D eigenvalue weighted by molar-refractivity contribution is 0.669. The molecule has 14 aromatic rings. The summed E-state index contributed by atoms with van der Waals surface area (Å²) in [7, 11) is 0. The van der Waals surface area contributed by atoms with Gasteiger partial charge in [-0.2, -0.15) is 0 Å². The summed E-state index contributed by atoms with van der Waals surface area (Å²) in [6.45, 7) is 0. The van der Waals surface area contributed by atoms with Crippen LogP contribution in [-0.2, 0) is 5.41 Å². The van der Waals surface area contributed by atoms with Gasteiger partial charge in [-0.15, -0.1) is 0 Å². The van der Waals surface area contributed by atoms with Gasteiger partial charge in [0.05, 0.1) is 5.41 Å². The van der Waals surface area contributed by atoms with E-state index in [2.05, 4.69) is 325 Å². The fourth-order valence-corrected chi connectivity index (χ4v) is 13.3. The summed E-state index contributed by atoms with van der Waals surface area (Å²) in [6, 6.07) is 115. The number of nitrogens with zero attached hydrogens (tertiary/aromatic N) is 2. The second-order valence-electron chi connectivity index (χ2n) is 21.6. The molecule has 1 spiro atoms. The third-order valence-electron chi connectivity index (χ3n) is 17.1. The van der Waals surface area contributed by atoms with Crippen LogP contribution in [0.1, 0.15) is 22.3 Å². The summed E-state index contributed by atoms with van der Waals surface area (Å²) in [5, 5.41) is 2.24. The van der Waals surface area contributed by atoms with Crippen molar-refractivity contribution >= 4 is 56.1 Å². The number of para-hydroxylation sites is 1. The number of furan rings is 1. The van der Waals surface area contributed by atoms with E-state index in [1.54, 1.807) is 0 Å². The highest BCUT2D eigenvalue weighted by Gasteiger charge is 2.52. The molecule has 82 heavy (non-hydrogen) atoms. The van der Waals surface area contributed by atoms with Crippen molar-refractivity contribution in [2.45, 2.75) is 5.41 Å². The zero-order valence-electron chi connectivity index (χ0n) is 44.8. The first-order chi connectivity index (χ1) is 40.6. The van der Waals surface area contributed by atoms with Crippen LogP contribution in [0.3, 0.4) is 0 Å². The lowest BCUT2D eigenvalue weighted by Crippen LogP contribution is -2.26. The van der Waals surface area contributed by atoms with E-state index in [1.807, 2.05) is 0 Å². The van der Waals surface area contributed by atoms with Crippen LogP contribution in [0.15, 0.2) is 320 Å². The Morgan fingerprint density at radius 3 is 0.963 bits per heavy atom. The summed E-state index contributed by atoms with van der Waals surface area (Å²) >= 11 is 0. The average Bonchev–Trinajstić information content (AvgIpc) is 2.81. The fourth-order valence-electron chi connectivity index (χ4n) is 13.3. The third kappa shape index (κ3) is 7.66. The molecule has 13 aromatic carbocycles. The molecule has 16 rings (SSSR count). The molecule has 0 atom stereocenters. The molecule has 0 amide bonds. The van der Waals surface area contributed by atoms with E-state index in [-0.39, 0.29) is 0 Å². The van der Waals surface area contributed by atoms with Crippen molar-refractivity contribution in [1.82, 2.24) is 0 Å². The standard InChI is InChI=1S/C79H52N2O/c1-5-17-53(18-6-1)57-29-37-61(38-30-57)80(62-39-31-58(32-40-62)54-19-7-2-8-20-54)65-45-47-74-69(49-65)70-50-66(81(63-41-33-59(34-42-63)55-21-9-3-10-22-55)64-43-35-60(36-44-64)56-23-11-4-12-24-56)46-48-75(70)79(74)73-27-15-13-25-67(73)71-52-78-72(51-76(71)79)68-26-14-16-28-77(68)82-78/h1-52H. The quantitative estimate of drug-likeness (QED) is 0.136. The lowest BCUT2D eigenvalue weighted by Gasteiger charge is -2.32. The van der Waals surface area contributed by atoms with Gasteiger partial charge in [0.15, 0.2) is 0 Å². The van der Waals surface area contributed by atoms with E-state index >= 15 is 0 Å². The summed E-state index contributed by atoms with van der Waals surface area (Å²) in [4.78, 5) is 4.84. The number of anilines is 6. The molecule has 0 radical (unpaired) electrons. The van der Waals surface area contributed by atoms with Crippen molar-refractivity contribution in [1.29, 1.82) is 0 Å². The molecule has 1 heterocycles. The highest BCUT2D eigenvalue weighted by atomic mass is 16.3. The van der Waals surface area contributed by atoms with Crippen LogP contribution in [0.5, 0.6) is 0 Å². The van der Waals surface area contributed by atoms with Crippen molar-refractivity contribution in [3.8, 4) is 66.8 Å². The van der Waals surface area contributed by atoms with E-state index in [0.29, 0.717) is 0 Å². The molecule has 384 valence electrons. The second-order valence-corrected chi connectivity index (χ2v) is 21.6. The molecular formula is C79H52N2O. The average molecular weight is 1050 g/mol. The van der Waals surface area contributed by atoms with Gasteiger partial charge in [0.2, 0.25) is 0 Å². The Morgan fingerprint density at radius 1 is 0.207 bits per heavy atom. The van der Waals surface area contributed by atoms with Gasteiger partial charge in [-0.25, -0.2) is 0 Å². The van der Waals surface area contributed by atoms with Crippen LogP contribution in [0.4, 0.5) is 34.1 Å². The summed E-state index contributed by atoms with van der Waals surface area (Å²) in [5.41, 5.74) is 26.9. The van der Waals surface area contributed by atoms with Gasteiger partial charge in [-0.05, 0) is 180 Å². The molecule has 3 nitrogen and oxygen atoms in total. The van der Waals surface area contributed by atoms with Crippen LogP contribution in [0.25, 0.3) is 88.7 Å². The van der Waals surface area contributed by atoms with Gasteiger partial charge >= 0.3 is 0 Å². The van der Waals surface area contributed by atoms with Crippen molar-refractivity contribution in [3.63, 3.8) is 0 Å². The Labute approximate surface area is 477 Å². The van der Waals surface area contributed by atoms with Gasteiger partial charge in [0.25, 0.3) is 0 Å². The predicted octanol–water partition coefficient (Wildman–Crippen LogP) is 21.5. The van der Waals surface area contributed by atoms with E-state index in [1.165, 1.54) is 89.0 Å². The lowest BCUT2D eigenvalue weighted by atomic mass is 9.70. The van der Waals surface area contributed by atoms with Crippen LogP contribution in [0, 0.1) is 0 Å². The van der Waals surface area contributed by atoms with Gasteiger partial charge in [0, 0.05) is 44.9 Å². The minimum absolute atomic E-state index is 0.640. The highest BCUT2D eigenvalue weighted by Crippen LogP contribution is 2.64. The van der Waals surface area contributed by atoms with E-state index in [4.69, 9.17) is 4.42 Å². The zero-order chi connectivity index (χ0) is 54.1. The monoisotopic (exact) mass is 1040 g/mol. The Morgan fingerprint density at radius 2 is 0.537 bits per heavy atom. The maximum atomic E-state index is 6.65. The SMILES string of the molecule is c1ccc(-c2ccc(N(c3ccc(-c4ccccc4)cc3)c3ccc4c(c3)-c3cc(N(c5ccc(-c6ccccc6)cc5)c5ccc(-c6ccccc6)cc5)ccc3C43c4ccccc4-c4cc5oc6ccccc6c5cc43)cc2)cc1. The minimum Gasteiger partial charge on any atom is -0.456 e. The normalized spacial score (nSPS) is 12.5. The predicted molar refractivity (Wildman–Crippen MR) is 341 cm³/mol. The topological polar surface area (TPSA) is 19.6 Å². The van der Waals surface area contributed by atoms with E-state index in [0.717, 1.165) is 56.1 Å². The number of benzene rings is 13. The van der Waals surface area contributed by atoms with Crippen molar-refractivity contribution in [2.75, 3.05) is 9.80 Å². The number of hydrogen-bond acceptors (Lipinski definition) is 3. The van der Waals surface area contributed by atoms with Gasteiger partial charge in [-0.3, -0.25) is 0 Å². The number of fused-ring (bicyclic) bond motifs is 13. The molecule has 0 unspecified atom stereocenters. The van der Waals surface area contributed by atoms with Crippen LogP contribution in [0.2, 0.25) is 0 Å². The van der Waals surface area contributed by atoms with Crippen LogP contribution in [-0.4, -0.2) is 0 Å². The van der Waals surface area contributed by atoms with Crippen molar-refractivity contribution in [3.05, 3.63) is 338 Å². The Bertz CT molecular complexity index is 4300. The van der Waals surface area contributed by atoms with E-state index in [9.17, 15) is 0 Å². The Balaban J connectivity index is 0.927. The molecule has 2 aliphatic rings. The molecule has 3 heteroatoms. The highest BCUT2D eigenvalue weighted by molar-refractivity contribution is 6.09. The summed E-state index contributed by atoms with van der Waals surface area (Å²) in [5.74, 6) is 0. The molecule has 0 fully saturated rings. The van der Waals surface area contributed by atoms with Crippen molar-refractivity contribution in [2.24, 2.45) is 0 Å². The van der Waals surface area contributed by atoms with Crippen LogP contribution < -0.4 is 9.80 Å². The Kier molecular flexibility index (Phi) is 11.1.